The maximum atomic E-state index is 13.6. The Balaban J connectivity index is 2.08. The third-order valence-electron chi connectivity index (χ3n) is 3.34. The SMILES string of the molecule is NC1CCC(NC(=O)c2c(F)cc(Br)cc2F)CC1. The third kappa shape index (κ3) is 3.51. The number of carbonyl (C=O) groups excluding carboxylic acids is 1. The molecule has 6 heteroatoms. The summed E-state index contributed by atoms with van der Waals surface area (Å²) in [6.07, 6.45) is 3.12. The predicted octanol–water partition coefficient (Wildman–Crippen LogP) is 2.73. The fourth-order valence-electron chi connectivity index (χ4n) is 2.28. The van der Waals surface area contributed by atoms with Gasteiger partial charge in [0.05, 0.1) is 0 Å². The van der Waals surface area contributed by atoms with Gasteiger partial charge in [-0.05, 0) is 37.8 Å². The normalized spacial score (nSPS) is 23.2. The van der Waals surface area contributed by atoms with Gasteiger partial charge in [-0.2, -0.15) is 0 Å². The van der Waals surface area contributed by atoms with E-state index in [-0.39, 0.29) is 16.6 Å². The van der Waals surface area contributed by atoms with Crippen molar-refractivity contribution < 1.29 is 13.6 Å². The molecule has 0 atom stereocenters. The monoisotopic (exact) mass is 332 g/mol. The molecule has 1 amide bonds. The van der Waals surface area contributed by atoms with Crippen molar-refractivity contribution in [3.8, 4) is 0 Å². The molecule has 0 unspecified atom stereocenters. The molecule has 0 spiro atoms. The number of nitrogens with two attached hydrogens (primary N) is 1. The minimum atomic E-state index is -0.864. The van der Waals surface area contributed by atoms with Gasteiger partial charge in [-0.1, -0.05) is 15.9 Å². The first kappa shape index (κ1) is 14.4. The van der Waals surface area contributed by atoms with Crippen LogP contribution in [0.1, 0.15) is 36.0 Å². The molecule has 1 fully saturated rings. The highest BCUT2D eigenvalue weighted by molar-refractivity contribution is 9.10. The first-order valence-electron chi connectivity index (χ1n) is 6.18. The molecule has 1 saturated carbocycles. The summed E-state index contributed by atoms with van der Waals surface area (Å²) < 4.78 is 27.5. The lowest BCUT2D eigenvalue weighted by Crippen LogP contribution is -2.41. The Morgan fingerprint density at radius 2 is 1.74 bits per heavy atom. The highest BCUT2D eigenvalue weighted by atomic mass is 79.9. The number of halogens is 3. The van der Waals surface area contributed by atoms with E-state index in [0.29, 0.717) is 0 Å². The summed E-state index contributed by atoms with van der Waals surface area (Å²) in [5.74, 6) is -2.43. The average Bonchev–Trinajstić information content (AvgIpc) is 2.30. The van der Waals surface area contributed by atoms with Crippen LogP contribution in [-0.2, 0) is 0 Å². The number of benzene rings is 1. The van der Waals surface area contributed by atoms with E-state index >= 15 is 0 Å². The van der Waals surface area contributed by atoms with Crippen LogP contribution in [0, 0.1) is 11.6 Å². The van der Waals surface area contributed by atoms with Crippen molar-refractivity contribution in [2.45, 2.75) is 37.8 Å². The summed E-state index contributed by atoms with van der Waals surface area (Å²) in [6.45, 7) is 0. The summed E-state index contributed by atoms with van der Waals surface area (Å²) in [5.41, 5.74) is 5.24. The molecule has 3 nitrogen and oxygen atoms in total. The van der Waals surface area contributed by atoms with Gasteiger partial charge in [-0.3, -0.25) is 4.79 Å². The Morgan fingerprint density at radius 3 is 2.26 bits per heavy atom. The van der Waals surface area contributed by atoms with Crippen LogP contribution in [0.15, 0.2) is 16.6 Å². The van der Waals surface area contributed by atoms with Gasteiger partial charge >= 0.3 is 0 Å². The molecule has 0 radical (unpaired) electrons. The smallest absolute Gasteiger partial charge is 0.257 e. The van der Waals surface area contributed by atoms with Crippen LogP contribution in [0.4, 0.5) is 8.78 Å². The van der Waals surface area contributed by atoms with E-state index in [1.165, 1.54) is 0 Å². The molecule has 1 aromatic rings. The topological polar surface area (TPSA) is 55.1 Å². The maximum absolute atomic E-state index is 13.6. The van der Waals surface area contributed by atoms with Crippen LogP contribution in [0.3, 0.4) is 0 Å². The second-order valence-electron chi connectivity index (χ2n) is 4.83. The van der Waals surface area contributed by atoms with Gasteiger partial charge in [0.1, 0.15) is 17.2 Å². The van der Waals surface area contributed by atoms with E-state index < -0.39 is 23.1 Å². The molecule has 1 aliphatic rings. The van der Waals surface area contributed by atoms with Crippen molar-refractivity contribution in [1.29, 1.82) is 0 Å². The second-order valence-corrected chi connectivity index (χ2v) is 5.75. The van der Waals surface area contributed by atoms with Crippen LogP contribution in [0.25, 0.3) is 0 Å². The van der Waals surface area contributed by atoms with Crippen molar-refractivity contribution in [1.82, 2.24) is 5.32 Å². The van der Waals surface area contributed by atoms with Crippen molar-refractivity contribution >= 4 is 21.8 Å². The van der Waals surface area contributed by atoms with E-state index in [4.69, 9.17) is 5.73 Å². The Kier molecular flexibility index (Phi) is 4.52. The number of amides is 1. The molecule has 0 aliphatic heterocycles. The summed E-state index contributed by atoms with van der Waals surface area (Å²) in [5, 5.41) is 2.67. The summed E-state index contributed by atoms with van der Waals surface area (Å²) >= 11 is 2.98. The minimum absolute atomic E-state index is 0.0604. The van der Waals surface area contributed by atoms with Crippen LogP contribution >= 0.6 is 15.9 Å². The first-order valence-corrected chi connectivity index (χ1v) is 6.97. The maximum Gasteiger partial charge on any atom is 0.257 e. The zero-order chi connectivity index (χ0) is 14.0. The van der Waals surface area contributed by atoms with Gasteiger partial charge in [0.2, 0.25) is 0 Å². The van der Waals surface area contributed by atoms with Gasteiger partial charge in [0.25, 0.3) is 5.91 Å². The largest absolute Gasteiger partial charge is 0.349 e. The number of hydrogen-bond donors (Lipinski definition) is 2. The van der Waals surface area contributed by atoms with Gasteiger partial charge in [-0.15, -0.1) is 0 Å². The van der Waals surface area contributed by atoms with Gasteiger partial charge in [-0.25, -0.2) is 8.78 Å². The van der Waals surface area contributed by atoms with E-state index in [1.807, 2.05) is 0 Å². The lowest BCUT2D eigenvalue weighted by molar-refractivity contribution is 0.0917. The molecular formula is C13H15BrF2N2O. The third-order valence-corrected chi connectivity index (χ3v) is 3.80. The Bertz CT molecular complexity index is 465. The molecule has 3 N–H and O–H groups in total. The lowest BCUT2D eigenvalue weighted by atomic mass is 9.91. The Morgan fingerprint density at radius 1 is 1.21 bits per heavy atom. The molecule has 0 bridgehead atoms. The Hall–Kier alpha value is -1.01. The molecule has 0 saturated heterocycles. The van der Waals surface area contributed by atoms with E-state index in [0.717, 1.165) is 37.8 Å². The van der Waals surface area contributed by atoms with E-state index in [2.05, 4.69) is 21.2 Å². The van der Waals surface area contributed by atoms with Gasteiger partial charge in [0.15, 0.2) is 0 Å². The number of hydrogen-bond acceptors (Lipinski definition) is 2. The summed E-state index contributed by atoms with van der Waals surface area (Å²) in [6, 6.07) is 2.26. The lowest BCUT2D eigenvalue weighted by Gasteiger charge is -2.26. The first-order chi connectivity index (χ1) is 8.97. The number of rotatable bonds is 2. The second kappa shape index (κ2) is 5.96. The number of carbonyl (C=O) groups is 1. The fourth-order valence-corrected chi connectivity index (χ4v) is 2.68. The molecule has 2 rings (SSSR count). The van der Waals surface area contributed by atoms with E-state index in [9.17, 15) is 13.6 Å². The highest BCUT2D eigenvalue weighted by Gasteiger charge is 2.24. The van der Waals surface area contributed by atoms with Crippen molar-refractivity contribution in [3.05, 3.63) is 33.8 Å². The standard InChI is InChI=1S/C13H15BrF2N2O/c14-7-5-10(15)12(11(16)6-7)13(19)18-9-3-1-8(17)2-4-9/h5-6,8-9H,1-4,17H2,(H,18,19). The minimum Gasteiger partial charge on any atom is -0.349 e. The molecule has 19 heavy (non-hydrogen) atoms. The molecule has 1 aromatic carbocycles. The van der Waals surface area contributed by atoms with Gasteiger partial charge in [0, 0.05) is 16.6 Å². The molecule has 104 valence electrons. The zero-order valence-corrected chi connectivity index (χ0v) is 11.8. The zero-order valence-electron chi connectivity index (χ0n) is 10.3. The van der Waals surface area contributed by atoms with Crippen molar-refractivity contribution in [3.63, 3.8) is 0 Å². The molecule has 0 heterocycles. The van der Waals surface area contributed by atoms with Crippen LogP contribution in [0.2, 0.25) is 0 Å². The summed E-state index contributed by atoms with van der Waals surface area (Å²) in [4.78, 5) is 11.9. The average molecular weight is 333 g/mol. The van der Waals surface area contributed by atoms with Crippen LogP contribution in [-0.4, -0.2) is 18.0 Å². The summed E-state index contributed by atoms with van der Waals surface area (Å²) in [7, 11) is 0. The van der Waals surface area contributed by atoms with Crippen molar-refractivity contribution in [2.75, 3.05) is 0 Å². The molecule has 1 aliphatic carbocycles. The Labute approximate surface area is 118 Å². The highest BCUT2D eigenvalue weighted by Crippen LogP contribution is 2.21. The van der Waals surface area contributed by atoms with Crippen LogP contribution < -0.4 is 11.1 Å². The quantitative estimate of drug-likeness (QED) is 0.874. The molecular weight excluding hydrogens is 318 g/mol. The van der Waals surface area contributed by atoms with E-state index in [1.54, 1.807) is 0 Å². The molecule has 0 aromatic heterocycles. The number of nitrogens with one attached hydrogen (secondary N) is 1. The van der Waals surface area contributed by atoms with Crippen LogP contribution in [0.5, 0.6) is 0 Å². The van der Waals surface area contributed by atoms with Gasteiger partial charge < -0.3 is 11.1 Å². The fraction of sp³-hybridized carbons (Fsp3) is 0.462. The predicted molar refractivity (Wildman–Crippen MR) is 71.8 cm³/mol. The van der Waals surface area contributed by atoms with Crippen molar-refractivity contribution in [2.24, 2.45) is 5.73 Å².